The first kappa shape index (κ1) is 14.4. The minimum atomic E-state index is 0.0497. The Balaban J connectivity index is 1.69. The minimum absolute atomic E-state index is 0.0497. The van der Waals surface area contributed by atoms with Gasteiger partial charge in [0.05, 0.1) is 5.60 Å². The SMILES string of the molecule is Cc1c(Br)cccc1NC1CCOC2(CCOCC2)C1. The molecule has 1 aromatic rings. The third kappa shape index (κ3) is 3.02. The third-order valence-electron chi connectivity index (χ3n) is 4.52. The van der Waals surface area contributed by atoms with Crippen LogP contribution in [0.1, 0.15) is 31.2 Å². The Morgan fingerprint density at radius 2 is 2.05 bits per heavy atom. The van der Waals surface area contributed by atoms with E-state index in [9.17, 15) is 0 Å². The minimum Gasteiger partial charge on any atom is -0.382 e. The molecule has 1 atom stereocenters. The summed E-state index contributed by atoms with van der Waals surface area (Å²) in [6.07, 6.45) is 4.22. The van der Waals surface area contributed by atoms with Gasteiger partial charge in [0.2, 0.25) is 0 Å². The molecule has 1 unspecified atom stereocenters. The second-order valence-electron chi connectivity index (χ2n) is 5.89. The zero-order valence-electron chi connectivity index (χ0n) is 12.0. The molecule has 1 N–H and O–H groups in total. The van der Waals surface area contributed by atoms with Gasteiger partial charge in [-0.15, -0.1) is 0 Å². The number of rotatable bonds is 2. The molecule has 1 aromatic carbocycles. The Bertz CT molecular complexity index is 466. The van der Waals surface area contributed by atoms with E-state index in [1.807, 2.05) is 0 Å². The number of halogens is 1. The van der Waals surface area contributed by atoms with Crippen molar-refractivity contribution >= 4 is 21.6 Å². The molecule has 110 valence electrons. The van der Waals surface area contributed by atoms with Crippen LogP contribution in [0, 0.1) is 6.92 Å². The maximum atomic E-state index is 6.10. The molecule has 3 nitrogen and oxygen atoms in total. The molecule has 0 amide bonds. The molecule has 2 saturated heterocycles. The van der Waals surface area contributed by atoms with Crippen LogP contribution in [0.15, 0.2) is 22.7 Å². The third-order valence-corrected chi connectivity index (χ3v) is 5.38. The highest BCUT2D eigenvalue weighted by Crippen LogP contribution is 2.36. The predicted octanol–water partition coefficient (Wildman–Crippen LogP) is 3.90. The van der Waals surface area contributed by atoms with Crippen molar-refractivity contribution < 1.29 is 9.47 Å². The van der Waals surface area contributed by atoms with E-state index < -0.39 is 0 Å². The highest BCUT2D eigenvalue weighted by Gasteiger charge is 2.39. The van der Waals surface area contributed by atoms with Crippen LogP contribution in [0.5, 0.6) is 0 Å². The molecular formula is C16H22BrNO2. The standard InChI is InChI=1S/C16H22BrNO2/c1-12-14(17)3-2-4-15(12)18-13-5-8-20-16(11-13)6-9-19-10-7-16/h2-4,13,18H,5-11H2,1H3. The van der Waals surface area contributed by atoms with Gasteiger partial charge in [0.1, 0.15) is 0 Å². The second-order valence-corrected chi connectivity index (χ2v) is 6.74. The van der Waals surface area contributed by atoms with E-state index in [1.165, 1.54) is 11.3 Å². The molecule has 2 aliphatic rings. The number of nitrogens with one attached hydrogen (secondary N) is 1. The summed E-state index contributed by atoms with van der Waals surface area (Å²) in [5.41, 5.74) is 2.56. The summed E-state index contributed by atoms with van der Waals surface area (Å²) < 4.78 is 12.7. The van der Waals surface area contributed by atoms with Crippen LogP contribution >= 0.6 is 15.9 Å². The van der Waals surface area contributed by atoms with E-state index in [1.54, 1.807) is 0 Å². The Morgan fingerprint density at radius 3 is 2.85 bits per heavy atom. The number of hydrogen-bond donors (Lipinski definition) is 1. The average molecular weight is 340 g/mol. The smallest absolute Gasteiger partial charge is 0.0745 e. The fourth-order valence-corrected chi connectivity index (χ4v) is 3.59. The van der Waals surface area contributed by atoms with Crippen molar-refractivity contribution in [3.05, 3.63) is 28.2 Å². The molecule has 3 rings (SSSR count). The lowest BCUT2D eigenvalue weighted by molar-refractivity contribution is -0.135. The van der Waals surface area contributed by atoms with Gasteiger partial charge in [0.15, 0.2) is 0 Å². The Labute approximate surface area is 129 Å². The lowest BCUT2D eigenvalue weighted by Gasteiger charge is -2.43. The number of ether oxygens (including phenoxy) is 2. The molecular weight excluding hydrogens is 318 g/mol. The first-order valence-electron chi connectivity index (χ1n) is 7.42. The molecule has 2 heterocycles. The number of hydrogen-bond acceptors (Lipinski definition) is 3. The van der Waals surface area contributed by atoms with Gasteiger partial charge in [-0.05, 0) is 50.3 Å². The quantitative estimate of drug-likeness (QED) is 0.886. The summed E-state index contributed by atoms with van der Waals surface area (Å²) in [6.45, 7) is 4.67. The van der Waals surface area contributed by atoms with Crippen LogP contribution in [0.2, 0.25) is 0 Å². The largest absolute Gasteiger partial charge is 0.382 e. The summed E-state index contributed by atoms with van der Waals surface area (Å²) in [4.78, 5) is 0. The number of benzene rings is 1. The maximum Gasteiger partial charge on any atom is 0.0745 e. The summed E-state index contributed by atoms with van der Waals surface area (Å²) in [5.74, 6) is 0. The van der Waals surface area contributed by atoms with Crippen LogP contribution in [0.3, 0.4) is 0 Å². The summed E-state index contributed by atoms with van der Waals surface area (Å²) in [7, 11) is 0. The van der Waals surface area contributed by atoms with Crippen molar-refractivity contribution in [2.75, 3.05) is 25.1 Å². The van der Waals surface area contributed by atoms with Gasteiger partial charge in [-0.2, -0.15) is 0 Å². The van der Waals surface area contributed by atoms with Crippen LogP contribution in [0.25, 0.3) is 0 Å². The van der Waals surface area contributed by atoms with Crippen molar-refractivity contribution in [2.24, 2.45) is 0 Å². The second kappa shape index (κ2) is 6.04. The van der Waals surface area contributed by atoms with Crippen molar-refractivity contribution in [1.82, 2.24) is 0 Å². The summed E-state index contributed by atoms with van der Waals surface area (Å²) in [5, 5.41) is 3.71. The monoisotopic (exact) mass is 339 g/mol. The normalized spacial score (nSPS) is 25.6. The lowest BCUT2D eigenvalue weighted by atomic mass is 9.84. The zero-order valence-corrected chi connectivity index (χ0v) is 13.5. The van der Waals surface area contributed by atoms with E-state index in [2.05, 4.69) is 46.4 Å². The van der Waals surface area contributed by atoms with E-state index in [0.29, 0.717) is 6.04 Å². The van der Waals surface area contributed by atoms with Crippen molar-refractivity contribution in [1.29, 1.82) is 0 Å². The predicted molar refractivity (Wildman–Crippen MR) is 84.3 cm³/mol. The van der Waals surface area contributed by atoms with Crippen molar-refractivity contribution in [3.63, 3.8) is 0 Å². The Kier molecular flexibility index (Phi) is 4.34. The fourth-order valence-electron chi connectivity index (χ4n) is 3.23. The molecule has 0 saturated carbocycles. The van der Waals surface area contributed by atoms with Gasteiger partial charge in [0, 0.05) is 36.0 Å². The van der Waals surface area contributed by atoms with Gasteiger partial charge in [-0.1, -0.05) is 22.0 Å². The van der Waals surface area contributed by atoms with Crippen LogP contribution in [-0.4, -0.2) is 31.5 Å². The highest BCUT2D eigenvalue weighted by atomic mass is 79.9. The molecule has 2 aliphatic heterocycles. The Hall–Kier alpha value is -0.580. The van der Waals surface area contributed by atoms with Crippen LogP contribution < -0.4 is 5.32 Å². The van der Waals surface area contributed by atoms with E-state index in [4.69, 9.17) is 9.47 Å². The molecule has 0 radical (unpaired) electrons. The molecule has 4 heteroatoms. The van der Waals surface area contributed by atoms with Gasteiger partial charge >= 0.3 is 0 Å². The topological polar surface area (TPSA) is 30.5 Å². The van der Waals surface area contributed by atoms with Gasteiger partial charge in [-0.3, -0.25) is 0 Å². The Morgan fingerprint density at radius 1 is 1.25 bits per heavy atom. The molecule has 2 fully saturated rings. The summed E-state index contributed by atoms with van der Waals surface area (Å²) >= 11 is 3.60. The van der Waals surface area contributed by atoms with Crippen molar-refractivity contribution in [3.8, 4) is 0 Å². The fraction of sp³-hybridized carbons (Fsp3) is 0.625. The molecule has 0 aromatic heterocycles. The van der Waals surface area contributed by atoms with Gasteiger partial charge in [0.25, 0.3) is 0 Å². The maximum absolute atomic E-state index is 6.10. The van der Waals surface area contributed by atoms with E-state index >= 15 is 0 Å². The zero-order chi connectivity index (χ0) is 14.0. The molecule has 0 aliphatic carbocycles. The van der Waals surface area contributed by atoms with Gasteiger partial charge < -0.3 is 14.8 Å². The van der Waals surface area contributed by atoms with E-state index in [-0.39, 0.29) is 5.60 Å². The number of anilines is 1. The summed E-state index contributed by atoms with van der Waals surface area (Å²) in [6, 6.07) is 6.83. The molecule has 20 heavy (non-hydrogen) atoms. The molecule has 0 bridgehead atoms. The van der Waals surface area contributed by atoms with Crippen LogP contribution in [0.4, 0.5) is 5.69 Å². The first-order chi connectivity index (χ1) is 9.69. The van der Waals surface area contributed by atoms with Crippen LogP contribution in [-0.2, 0) is 9.47 Å². The first-order valence-corrected chi connectivity index (χ1v) is 8.21. The lowest BCUT2D eigenvalue weighted by Crippen LogP contribution is -2.47. The van der Waals surface area contributed by atoms with Crippen molar-refractivity contribution in [2.45, 2.75) is 44.2 Å². The molecule has 1 spiro atoms. The van der Waals surface area contributed by atoms with E-state index in [0.717, 1.165) is 50.0 Å². The average Bonchev–Trinajstić information content (AvgIpc) is 2.45. The van der Waals surface area contributed by atoms with Gasteiger partial charge in [-0.25, -0.2) is 0 Å². The highest BCUT2D eigenvalue weighted by molar-refractivity contribution is 9.10.